The maximum atomic E-state index is 12.0. The van der Waals surface area contributed by atoms with Gasteiger partial charge in [-0.2, -0.15) is 8.42 Å². The maximum absolute atomic E-state index is 12.0. The zero-order valence-corrected chi connectivity index (χ0v) is 13.7. The normalized spacial score (nSPS) is 11.5. The lowest BCUT2D eigenvalue weighted by atomic mass is 10.1. The summed E-state index contributed by atoms with van der Waals surface area (Å²) in [5.74, 6) is 0. The first-order chi connectivity index (χ1) is 10.6. The van der Waals surface area contributed by atoms with Crippen LogP contribution in [0.25, 0.3) is 0 Å². The van der Waals surface area contributed by atoms with Crippen LogP contribution in [0, 0.1) is 6.92 Å². The quantitative estimate of drug-likeness (QED) is 0.543. The Hall–Kier alpha value is -1.65. The third-order valence-electron chi connectivity index (χ3n) is 3.50. The highest BCUT2D eigenvalue weighted by Gasteiger charge is 2.14. The van der Waals surface area contributed by atoms with E-state index in [1.54, 1.807) is 24.3 Å². The standard InChI is InChI=1S/C18H22O3S/c1-16-11-13-18(14-12-16)22(19,20)21-15-7-3-6-10-17-8-4-2-5-9-17/h2,4-5,8-9,11-14H,3,6-7,10,15H2,1H3. The number of hydrogen-bond donors (Lipinski definition) is 0. The Morgan fingerprint density at radius 1 is 0.864 bits per heavy atom. The lowest BCUT2D eigenvalue weighted by Gasteiger charge is -2.06. The molecule has 3 nitrogen and oxygen atoms in total. The van der Waals surface area contributed by atoms with Crippen molar-refractivity contribution >= 4 is 10.1 Å². The van der Waals surface area contributed by atoms with Crippen molar-refractivity contribution in [3.8, 4) is 0 Å². The van der Waals surface area contributed by atoms with Crippen LogP contribution in [0.15, 0.2) is 59.5 Å². The Morgan fingerprint density at radius 2 is 1.55 bits per heavy atom. The van der Waals surface area contributed by atoms with Gasteiger partial charge in [-0.15, -0.1) is 0 Å². The molecule has 0 N–H and O–H groups in total. The zero-order valence-electron chi connectivity index (χ0n) is 12.9. The minimum absolute atomic E-state index is 0.224. The van der Waals surface area contributed by atoms with Gasteiger partial charge in [-0.25, -0.2) is 0 Å². The molecule has 0 atom stereocenters. The SMILES string of the molecule is Cc1ccc(S(=O)(=O)OCCCCCc2ccccc2)cc1. The Balaban J connectivity index is 1.68. The van der Waals surface area contributed by atoms with Crippen molar-refractivity contribution in [1.29, 1.82) is 0 Å². The van der Waals surface area contributed by atoms with Gasteiger partial charge in [0.1, 0.15) is 0 Å². The van der Waals surface area contributed by atoms with Gasteiger partial charge in [0.15, 0.2) is 0 Å². The van der Waals surface area contributed by atoms with Gasteiger partial charge >= 0.3 is 0 Å². The Labute approximate surface area is 133 Å². The average molecular weight is 318 g/mol. The molecule has 0 amide bonds. The summed E-state index contributed by atoms with van der Waals surface area (Å²) in [5.41, 5.74) is 2.34. The van der Waals surface area contributed by atoms with Gasteiger partial charge in [-0.05, 0) is 43.9 Å². The summed E-state index contributed by atoms with van der Waals surface area (Å²) in [6, 6.07) is 17.0. The highest BCUT2D eigenvalue weighted by atomic mass is 32.2. The third-order valence-corrected chi connectivity index (χ3v) is 4.83. The first-order valence-electron chi connectivity index (χ1n) is 7.58. The largest absolute Gasteiger partial charge is 0.296 e. The van der Waals surface area contributed by atoms with Gasteiger partial charge in [0, 0.05) is 0 Å². The van der Waals surface area contributed by atoms with Crippen molar-refractivity contribution < 1.29 is 12.6 Å². The van der Waals surface area contributed by atoms with Crippen LogP contribution in [0.3, 0.4) is 0 Å². The van der Waals surface area contributed by atoms with Crippen LogP contribution < -0.4 is 0 Å². The van der Waals surface area contributed by atoms with E-state index in [1.165, 1.54) is 5.56 Å². The summed E-state index contributed by atoms with van der Waals surface area (Å²) in [6.07, 6.45) is 3.76. The fourth-order valence-electron chi connectivity index (χ4n) is 2.19. The summed E-state index contributed by atoms with van der Waals surface area (Å²) in [7, 11) is -3.62. The molecule has 0 radical (unpaired) electrons. The molecule has 0 aliphatic carbocycles. The highest BCUT2D eigenvalue weighted by Crippen LogP contribution is 2.14. The molecule has 0 unspecified atom stereocenters. The first kappa shape index (κ1) is 16.7. The van der Waals surface area contributed by atoms with E-state index in [0.29, 0.717) is 0 Å². The molecule has 118 valence electrons. The van der Waals surface area contributed by atoms with Crippen molar-refractivity contribution in [3.63, 3.8) is 0 Å². The van der Waals surface area contributed by atoms with E-state index in [0.717, 1.165) is 31.2 Å². The maximum Gasteiger partial charge on any atom is 0.296 e. The molecule has 0 saturated heterocycles. The van der Waals surface area contributed by atoms with Crippen LogP contribution in [0.4, 0.5) is 0 Å². The van der Waals surface area contributed by atoms with Crippen molar-refractivity contribution in [2.45, 2.75) is 37.5 Å². The Kier molecular flexibility index (Phi) is 6.16. The van der Waals surface area contributed by atoms with Crippen molar-refractivity contribution in [2.75, 3.05) is 6.61 Å². The molecule has 4 heteroatoms. The Bertz CT molecular complexity index is 661. The van der Waals surface area contributed by atoms with Crippen LogP contribution in [-0.4, -0.2) is 15.0 Å². The summed E-state index contributed by atoms with van der Waals surface area (Å²) in [5, 5.41) is 0. The smallest absolute Gasteiger partial charge is 0.266 e. The molecule has 2 aromatic carbocycles. The molecule has 2 aromatic rings. The number of unbranched alkanes of at least 4 members (excludes halogenated alkanes) is 2. The molecule has 0 heterocycles. The van der Waals surface area contributed by atoms with Gasteiger partial charge < -0.3 is 0 Å². The average Bonchev–Trinajstić information content (AvgIpc) is 2.52. The van der Waals surface area contributed by atoms with Crippen LogP contribution in [0.1, 0.15) is 30.4 Å². The second kappa shape index (κ2) is 8.11. The summed E-state index contributed by atoms with van der Waals surface area (Å²) in [4.78, 5) is 0.224. The van der Waals surface area contributed by atoms with Crippen LogP contribution >= 0.6 is 0 Å². The monoisotopic (exact) mass is 318 g/mol. The summed E-state index contributed by atoms with van der Waals surface area (Å²) < 4.78 is 29.0. The molecule has 22 heavy (non-hydrogen) atoms. The van der Waals surface area contributed by atoms with E-state index in [1.807, 2.05) is 25.1 Å². The van der Waals surface area contributed by atoms with E-state index in [-0.39, 0.29) is 11.5 Å². The van der Waals surface area contributed by atoms with E-state index in [9.17, 15) is 8.42 Å². The number of benzene rings is 2. The number of rotatable bonds is 8. The van der Waals surface area contributed by atoms with E-state index in [2.05, 4.69) is 12.1 Å². The van der Waals surface area contributed by atoms with E-state index >= 15 is 0 Å². The van der Waals surface area contributed by atoms with Crippen molar-refractivity contribution in [2.24, 2.45) is 0 Å². The second-order valence-corrected chi connectivity index (χ2v) is 7.00. The molecule has 0 aliphatic heterocycles. The molecular formula is C18H22O3S. The van der Waals surface area contributed by atoms with E-state index < -0.39 is 10.1 Å². The van der Waals surface area contributed by atoms with Crippen LogP contribution in [0.5, 0.6) is 0 Å². The molecule has 0 aliphatic rings. The molecule has 0 spiro atoms. The molecule has 2 rings (SSSR count). The molecule has 0 aromatic heterocycles. The zero-order chi connectivity index (χ0) is 15.8. The van der Waals surface area contributed by atoms with Crippen molar-refractivity contribution in [3.05, 3.63) is 65.7 Å². The van der Waals surface area contributed by atoms with Gasteiger partial charge in [-0.3, -0.25) is 4.18 Å². The Morgan fingerprint density at radius 3 is 2.23 bits per heavy atom. The fraction of sp³-hybridized carbons (Fsp3) is 0.333. The molecule has 0 fully saturated rings. The minimum atomic E-state index is -3.62. The first-order valence-corrected chi connectivity index (χ1v) is 8.99. The number of aryl methyl sites for hydroxylation is 2. The molecular weight excluding hydrogens is 296 g/mol. The highest BCUT2D eigenvalue weighted by molar-refractivity contribution is 7.86. The van der Waals surface area contributed by atoms with Gasteiger partial charge in [0.05, 0.1) is 11.5 Å². The summed E-state index contributed by atoms with van der Waals surface area (Å²) in [6.45, 7) is 2.16. The van der Waals surface area contributed by atoms with Gasteiger partial charge in [0.2, 0.25) is 0 Å². The third kappa shape index (κ3) is 5.28. The van der Waals surface area contributed by atoms with Crippen molar-refractivity contribution in [1.82, 2.24) is 0 Å². The topological polar surface area (TPSA) is 43.4 Å². The predicted octanol–water partition coefficient (Wildman–Crippen LogP) is 4.11. The summed E-state index contributed by atoms with van der Waals surface area (Å²) >= 11 is 0. The van der Waals surface area contributed by atoms with E-state index in [4.69, 9.17) is 4.18 Å². The lowest BCUT2D eigenvalue weighted by molar-refractivity contribution is 0.307. The van der Waals surface area contributed by atoms with Crippen LogP contribution in [0.2, 0.25) is 0 Å². The minimum Gasteiger partial charge on any atom is -0.266 e. The van der Waals surface area contributed by atoms with Crippen LogP contribution in [-0.2, 0) is 20.7 Å². The fourth-order valence-corrected chi connectivity index (χ4v) is 3.14. The molecule has 0 bridgehead atoms. The predicted molar refractivity (Wildman–Crippen MR) is 88.3 cm³/mol. The number of hydrogen-bond acceptors (Lipinski definition) is 3. The lowest BCUT2D eigenvalue weighted by Crippen LogP contribution is -2.07. The van der Waals surface area contributed by atoms with Gasteiger partial charge in [0.25, 0.3) is 10.1 Å². The molecule has 0 saturated carbocycles. The second-order valence-electron chi connectivity index (χ2n) is 5.39. The van der Waals surface area contributed by atoms with Gasteiger partial charge in [-0.1, -0.05) is 54.4 Å².